The Kier molecular flexibility index (Phi) is 3.76. The van der Waals surface area contributed by atoms with Crippen molar-refractivity contribution in [2.45, 2.75) is 33.4 Å². The number of aromatic nitrogens is 1. The molecule has 0 aliphatic rings. The molecule has 2 heterocycles. The number of pyridine rings is 1. The third-order valence-electron chi connectivity index (χ3n) is 3.90. The molecule has 2 aromatic heterocycles. The van der Waals surface area contributed by atoms with E-state index in [-0.39, 0.29) is 6.04 Å². The van der Waals surface area contributed by atoms with Crippen molar-refractivity contribution in [3.8, 4) is 0 Å². The number of nitrogens with one attached hydrogen (secondary N) is 1. The lowest BCUT2D eigenvalue weighted by molar-refractivity contribution is 0.490. The summed E-state index contributed by atoms with van der Waals surface area (Å²) in [5, 5.41) is 6.00. The summed E-state index contributed by atoms with van der Waals surface area (Å²) in [5.41, 5.74) is 2.44. The standard InChI is InChI=1S/C18H20N2O/c1-12-8-18(14(3)21-12)13(2)20-11-16-10-19-9-15-6-4-5-7-17(15)16/h4-10,13,20H,11H2,1-3H3. The molecule has 0 fully saturated rings. The summed E-state index contributed by atoms with van der Waals surface area (Å²) in [7, 11) is 0. The third-order valence-corrected chi connectivity index (χ3v) is 3.90. The molecule has 0 radical (unpaired) electrons. The average molecular weight is 280 g/mol. The monoisotopic (exact) mass is 280 g/mol. The highest BCUT2D eigenvalue weighted by Crippen LogP contribution is 2.22. The summed E-state index contributed by atoms with van der Waals surface area (Å²) >= 11 is 0. The quantitative estimate of drug-likeness (QED) is 0.774. The fourth-order valence-corrected chi connectivity index (χ4v) is 2.77. The van der Waals surface area contributed by atoms with E-state index in [1.165, 1.54) is 21.9 Å². The van der Waals surface area contributed by atoms with Crippen LogP contribution in [0.15, 0.2) is 47.1 Å². The molecule has 3 aromatic rings. The van der Waals surface area contributed by atoms with Crippen LogP contribution in [0.4, 0.5) is 0 Å². The van der Waals surface area contributed by atoms with Crippen molar-refractivity contribution in [2.24, 2.45) is 0 Å². The summed E-state index contributed by atoms with van der Waals surface area (Å²) in [6.45, 7) is 6.95. The van der Waals surface area contributed by atoms with Crippen molar-refractivity contribution in [3.05, 3.63) is 65.4 Å². The highest BCUT2D eigenvalue weighted by atomic mass is 16.3. The number of furan rings is 1. The van der Waals surface area contributed by atoms with E-state index in [1.54, 1.807) is 0 Å². The maximum atomic E-state index is 5.61. The van der Waals surface area contributed by atoms with Crippen LogP contribution < -0.4 is 5.32 Å². The molecule has 0 amide bonds. The Bertz CT molecular complexity index is 756. The first-order valence-corrected chi connectivity index (χ1v) is 7.27. The van der Waals surface area contributed by atoms with E-state index < -0.39 is 0 Å². The minimum absolute atomic E-state index is 0.251. The first-order chi connectivity index (χ1) is 10.1. The molecule has 0 spiro atoms. The van der Waals surface area contributed by atoms with Gasteiger partial charge in [0.05, 0.1) is 0 Å². The zero-order valence-electron chi connectivity index (χ0n) is 12.7. The van der Waals surface area contributed by atoms with Gasteiger partial charge in [0.1, 0.15) is 11.5 Å². The Morgan fingerprint density at radius 2 is 2.00 bits per heavy atom. The Hall–Kier alpha value is -2.13. The van der Waals surface area contributed by atoms with E-state index in [9.17, 15) is 0 Å². The van der Waals surface area contributed by atoms with E-state index in [1.807, 2.05) is 32.3 Å². The Labute approximate surface area is 125 Å². The summed E-state index contributed by atoms with van der Waals surface area (Å²) in [5.74, 6) is 1.95. The van der Waals surface area contributed by atoms with E-state index in [0.717, 1.165) is 18.1 Å². The first kappa shape index (κ1) is 13.8. The molecule has 0 aliphatic carbocycles. The number of nitrogens with zero attached hydrogens (tertiary/aromatic N) is 1. The normalized spacial score (nSPS) is 12.7. The molecule has 1 unspecified atom stereocenters. The molecular formula is C18H20N2O. The van der Waals surface area contributed by atoms with Gasteiger partial charge in [0, 0.05) is 35.9 Å². The summed E-state index contributed by atoms with van der Waals surface area (Å²) < 4.78 is 5.61. The molecule has 0 saturated heterocycles. The van der Waals surface area contributed by atoms with Crippen LogP contribution in [-0.4, -0.2) is 4.98 Å². The second-order valence-corrected chi connectivity index (χ2v) is 5.49. The van der Waals surface area contributed by atoms with Crippen LogP contribution in [0.2, 0.25) is 0 Å². The van der Waals surface area contributed by atoms with Gasteiger partial charge in [0.15, 0.2) is 0 Å². The summed E-state index contributed by atoms with van der Waals surface area (Å²) in [4.78, 5) is 4.33. The second kappa shape index (κ2) is 5.70. The fourth-order valence-electron chi connectivity index (χ4n) is 2.77. The molecule has 21 heavy (non-hydrogen) atoms. The van der Waals surface area contributed by atoms with Gasteiger partial charge in [0.25, 0.3) is 0 Å². The number of hydrogen-bond donors (Lipinski definition) is 1. The van der Waals surface area contributed by atoms with E-state index in [2.05, 4.69) is 41.5 Å². The van der Waals surface area contributed by atoms with Gasteiger partial charge >= 0.3 is 0 Å². The number of benzene rings is 1. The van der Waals surface area contributed by atoms with E-state index in [0.29, 0.717) is 0 Å². The molecule has 0 saturated carbocycles. The van der Waals surface area contributed by atoms with E-state index >= 15 is 0 Å². The first-order valence-electron chi connectivity index (χ1n) is 7.27. The molecule has 0 bridgehead atoms. The molecule has 1 aromatic carbocycles. The molecule has 108 valence electrons. The van der Waals surface area contributed by atoms with Crippen LogP contribution in [0, 0.1) is 13.8 Å². The Morgan fingerprint density at radius 3 is 2.76 bits per heavy atom. The fraction of sp³-hybridized carbons (Fsp3) is 0.278. The molecule has 0 aliphatic heterocycles. The van der Waals surface area contributed by atoms with E-state index in [4.69, 9.17) is 4.42 Å². The van der Waals surface area contributed by atoms with Crippen LogP contribution in [-0.2, 0) is 6.54 Å². The minimum atomic E-state index is 0.251. The van der Waals surface area contributed by atoms with Crippen LogP contribution in [0.1, 0.15) is 35.6 Å². The van der Waals surface area contributed by atoms with Crippen LogP contribution in [0.3, 0.4) is 0 Å². The largest absolute Gasteiger partial charge is 0.466 e. The average Bonchev–Trinajstić information content (AvgIpc) is 2.83. The SMILES string of the molecule is Cc1cc(C(C)NCc2cncc3ccccc23)c(C)o1. The Morgan fingerprint density at radius 1 is 1.19 bits per heavy atom. The van der Waals surface area contributed by atoms with Crippen molar-refractivity contribution < 1.29 is 4.42 Å². The predicted octanol–water partition coefficient (Wildman–Crippen LogP) is 4.30. The van der Waals surface area contributed by atoms with Gasteiger partial charge in [-0.1, -0.05) is 24.3 Å². The molecular weight excluding hydrogens is 260 g/mol. The third kappa shape index (κ3) is 2.83. The zero-order chi connectivity index (χ0) is 14.8. The Balaban J connectivity index is 1.79. The topological polar surface area (TPSA) is 38.1 Å². The number of fused-ring (bicyclic) bond motifs is 1. The van der Waals surface area contributed by atoms with Gasteiger partial charge in [-0.05, 0) is 37.8 Å². The molecule has 3 rings (SSSR count). The maximum Gasteiger partial charge on any atom is 0.105 e. The maximum absolute atomic E-state index is 5.61. The second-order valence-electron chi connectivity index (χ2n) is 5.49. The summed E-state index contributed by atoms with van der Waals surface area (Å²) in [6.07, 6.45) is 3.85. The number of rotatable bonds is 4. The van der Waals surface area contributed by atoms with Crippen LogP contribution in [0.25, 0.3) is 10.8 Å². The zero-order valence-corrected chi connectivity index (χ0v) is 12.7. The lowest BCUT2D eigenvalue weighted by atomic mass is 10.1. The summed E-state index contributed by atoms with van der Waals surface area (Å²) in [6, 6.07) is 10.7. The highest BCUT2D eigenvalue weighted by Gasteiger charge is 2.12. The van der Waals surface area contributed by atoms with Crippen LogP contribution in [0.5, 0.6) is 0 Å². The molecule has 1 atom stereocenters. The van der Waals surface area contributed by atoms with Gasteiger partial charge in [-0.2, -0.15) is 0 Å². The van der Waals surface area contributed by atoms with Gasteiger partial charge in [-0.25, -0.2) is 0 Å². The van der Waals surface area contributed by atoms with Crippen molar-refractivity contribution in [1.82, 2.24) is 10.3 Å². The number of aryl methyl sites for hydroxylation is 2. The van der Waals surface area contributed by atoms with Crippen LogP contribution >= 0.6 is 0 Å². The number of hydrogen-bond acceptors (Lipinski definition) is 3. The molecule has 3 heteroatoms. The van der Waals surface area contributed by atoms with Crippen molar-refractivity contribution in [1.29, 1.82) is 0 Å². The smallest absolute Gasteiger partial charge is 0.105 e. The van der Waals surface area contributed by atoms with Gasteiger partial charge in [-0.3, -0.25) is 4.98 Å². The van der Waals surface area contributed by atoms with Crippen molar-refractivity contribution >= 4 is 10.8 Å². The lowest BCUT2D eigenvalue weighted by Crippen LogP contribution is -2.18. The minimum Gasteiger partial charge on any atom is -0.466 e. The lowest BCUT2D eigenvalue weighted by Gasteiger charge is -2.14. The predicted molar refractivity (Wildman–Crippen MR) is 85.2 cm³/mol. The van der Waals surface area contributed by atoms with Gasteiger partial charge in [0.2, 0.25) is 0 Å². The molecule has 1 N–H and O–H groups in total. The van der Waals surface area contributed by atoms with Gasteiger partial charge in [-0.15, -0.1) is 0 Å². The van der Waals surface area contributed by atoms with Gasteiger partial charge < -0.3 is 9.73 Å². The molecule has 3 nitrogen and oxygen atoms in total. The van der Waals surface area contributed by atoms with Crippen molar-refractivity contribution in [2.75, 3.05) is 0 Å². The highest BCUT2D eigenvalue weighted by molar-refractivity contribution is 5.84. The van der Waals surface area contributed by atoms with Crippen molar-refractivity contribution in [3.63, 3.8) is 0 Å².